The van der Waals surface area contributed by atoms with Gasteiger partial charge in [0.25, 0.3) is 0 Å². The topological polar surface area (TPSA) is 12.9 Å². The third-order valence-corrected chi connectivity index (χ3v) is 2.16. The van der Waals surface area contributed by atoms with E-state index in [9.17, 15) is 0 Å². The van der Waals surface area contributed by atoms with Crippen LogP contribution < -0.4 is 0 Å². The quantitative estimate of drug-likeness (QED) is 0.674. The van der Waals surface area contributed by atoms with Crippen LogP contribution in [0.4, 0.5) is 0 Å². The highest BCUT2D eigenvalue weighted by molar-refractivity contribution is 8.93. The number of hydrogen-bond acceptors (Lipinski definition) is 2. The SMILES string of the molecule is Br.Cc1ncc(CCl)s1. The Morgan fingerprint density at radius 2 is 2.44 bits per heavy atom. The van der Waals surface area contributed by atoms with Gasteiger partial charge >= 0.3 is 0 Å². The molecule has 0 unspecified atom stereocenters. The van der Waals surface area contributed by atoms with Crippen molar-refractivity contribution in [2.45, 2.75) is 12.8 Å². The Kier molecular flexibility index (Phi) is 4.44. The highest BCUT2D eigenvalue weighted by Gasteiger charge is 1.92. The Morgan fingerprint density at radius 1 is 1.78 bits per heavy atom. The van der Waals surface area contributed by atoms with Gasteiger partial charge in [0.1, 0.15) is 0 Å². The van der Waals surface area contributed by atoms with Gasteiger partial charge in [0.05, 0.1) is 10.9 Å². The maximum Gasteiger partial charge on any atom is 0.0897 e. The summed E-state index contributed by atoms with van der Waals surface area (Å²) in [6.07, 6.45) is 1.81. The fourth-order valence-electron chi connectivity index (χ4n) is 0.467. The van der Waals surface area contributed by atoms with Crippen LogP contribution in [-0.4, -0.2) is 4.98 Å². The summed E-state index contributed by atoms with van der Waals surface area (Å²) in [4.78, 5) is 5.16. The van der Waals surface area contributed by atoms with Crippen LogP contribution in [0.3, 0.4) is 0 Å². The van der Waals surface area contributed by atoms with Crippen LogP contribution in [0.15, 0.2) is 6.20 Å². The average molecular weight is 229 g/mol. The fourth-order valence-corrected chi connectivity index (χ4v) is 1.34. The van der Waals surface area contributed by atoms with E-state index in [0.717, 1.165) is 9.88 Å². The highest BCUT2D eigenvalue weighted by Crippen LogP contribution is 2.12. The molecule has 0 fully saturated rings. The third kappa shape index (κ3) is 2.65. The van der Waals surface area contributed by atoms with E-state index in [1.54, 1.807) is 11.3 Å². The minimum Gasteiger partial charge on any atom is -0.250 e. The second kappa shape index (κ2) is 4.25. The molecule has 4 heteroatoms. The predicted octanol–water partition coefficient (Wildman–Crippen LogP) is 2.77. The Morgan fingerprint density at radius 3 is 2.67 bits per heavy atom. The van der Waals surface area contributed by atoms with E-state index < -0.39 is 0 Å². The molecule has 0 radical (unpaired) electrons. The molecule has 0 aromatic carbocycles. The van der Waals surface area contributed by atoms with Gasteiger partial charge in [-0.15, -0.1) is 39.9 Å². The molecule has 52 valence electrons. The van der Waals surface area contributed by atoms with Crippen LogP contribution in [0.2, 0.25) is 0 Å². The fraction of sp³-hybridized carbons (Fsp3) is 0.400. The van der Waals surface area contributed by atoms with Gasteiger partial charge < -0.3 is 0 Å². The molecule has 0 spiro atoms. The molecule has 1 aromatic heterocycles. The zero-order valence-electron chi connectivity index (χ0n) is 4.93. The first-order valence-corrected chi connectivity index (χ1v) is 3.65. The van der Waals surface area contributed by atoms with E-state index in [1.165, 1.54) is 0 Å². The monoisotopic (exact) mass is 227 g/mol. The van der Waals surface area contributed by atoms with Gasteiger partial charge in [0, 0.05) is 11.1 Å². The van der Waals surface area contributed by atoms with Crippen molar-refractivity contribution in [1.82, 2.24) is 4.98 Å². The van der Waals surface area contributed by atoms with Gasteiger partial charge in [-0.25, -0.2) is 4.98 Å². The van der Waals surface area contributed by atoms with Crippen molar-refractivity contribution in [3.8, 4) is 0 Å². The first kappa shape index (κ1) is 9.40. The van der Waals surface area contributed by atoms with Gasteiger partial charge in [-0.05, 0) is 6.92 Å². The van der Waals surface area contributed by atoms with Crippen molar-refractivity contribution in [2.75, 3.05) is 0 Å². The van der Waals surface area contributed by atoms with Gasteiger partial charge in [0.15, 0.2) is 0 Å². The van der Waals surface area contributed by atoms with Crippen LogP contribution in [-0.2, 0) is 5.88 Å². The molecule has 0 saturated heterocycles. The summed E-state index contributed by atoms with van der Waals surface area (Å²) in [6, 6.07) is 0. The lowest BCUT2D eigenvalue weighted by Crippen LogP contribution is -1.61. The summed E-state index contributed by atoms with van der Waals surface area (Å²) >= 11 is 7.16. The van der Waals surface area contributed by atoms with E-state index >= 15 is 0 Å². The van der Waals surface area contributed by atoms with Crippen molar-refractivity contribution >= 4 is 39.9 Å². The molecule has 0 bridgehead atoms. The molecule has 0 aliphatic heterocycles. The summed E-state index contributed by atoms with van der Waals surface area (Å²) in [5.74, 6) is 0.589. The normalized spacial score (nSPS) is 8.67. The molecule has 1 heterocycles. The first-order chi connectivity index (χ1) is 3.83. The van der Waals surface area contributed by atoms with Crippen LogP contribution in [0.25, 0.3) is 0 Å². The zero-order valence-corrected chi connectivity index (χ0v) is 8.21. The van der Waals surface area contributed by atoms with E-state index in [0.29, 0.717) is 5.88 Å². The largest absolute Gasteiger partial charge is 0.250 e. The smallest absolute Gasteiger partial charge is 0.0897 e. The number of rotatable bonds is 1. The minimum atomic E-state index is 0. The summed E-state index contributed by atoms with van der Waals surface area (Å²) in [5.41, 5.74) is 0. The Balaban J connectivity index is 0.000000640. The van der Waals surface area contributed by atoms with E-state index in [4.69, 9.17) is 11.6 Å². The predicted molar refractivity (Wildman–Crippen MR) is 46.7 cm³/mol. The number of nitrogens with zero attached hydrogens (tertiary/aromatic N) is 1. The average Bonchev–Trinajstić information content (AvgIpc) is 2.14. The van der Waals surface area contributed by atoms with Crippen molar-refractivity contribution in [3.63, 3.8) is 0 Å². The second-order valence-corrected chi connectivity index (χ2v) is 3.07. The van der Waals surface area contributed by atoms with Crippen molar-refractivity contribution in [2.24, 2.45) is 0 Å². The minimum absolute atomic E-state index is 0. The Labute approximate surface area is 73.8 Å². The Hall–Kier alpha value is 0.400. The standard InChI is InChI=1S/C5H6ClNS.BrH/c1-4-7-3-5(2-6)8-4;/h3H,2H2,1H3;1H. The van der Waals surface area contributed by atoms with Crippen molar-refractivity contribution in [3.05, 3.63) is 16.1 Å². The van der Waals surface area contributed by atoms with Crippen LogP contribution in [0, 0.1) is 6.92 Å². The number of halogens is 2. The molecule has 1 aromatic rings. The summed E-state index contributed by atoms with van der Waals surface area (Å²) in [6.45, 7) is 1.97. The molecule has 1 nitrogen and oxygen atoms in total. The molecule has 0 N–H and O–H groups in total. The lowest BCUT2D eigenvalue weighted by Gasteiger charge is -1.76. The number of hydrogen-bond donors (Lipinski definition) is 0. The highest BCUT2D eigenvalue weighted by atomic mass is 79.9. The molecule has 0 aliphatic carbocycles. The van der Waals surface area contributed by atoms with Crippen LogP contribution in [0.1, 0.15) is 9.88 Å². The number of thiazole rings is 1. The number of aryl methyl sites for hydroxylation is 1. The number of alkyl halides is 1. The summed E-state index contributed by atoms with van der Waals surface area (Å²) in [5, 5.41) is 1.08. The molecule has 0 atom stereocenters. The zero-order chi connectivity index (χ0) is 5.98. The summed E-state index contributed by atoms with van der Waals surface area (Å²) < 4.78 is 0. The lowest BCUT2D eigenvalue weighted by atomic mass is 10.6. The molecule has 0 saturated carbocycles. The van der Waals surface area contributed by atoms with Gasteiger partial charge in [0.2, 0.25) is 0 Å². The maximum atomic E-state index is 5.51. The molecular formula is C5H7BrClNS. The molecular weight excluding hydrogens is 221 g/mol. The van der Waals surface area contributed by atoms with Crippen molar-refractivity contribution in [1.29, 1.82) is 0 Å². The van der Waals surface area contributed by atoms with Gasteiger partial charge in [-0.3, -0.25) is 0 Å². The van der Waals surface area contributed by atoms with E-state index in [-0.39, 0.29) is 17.0 Å². The molecule has 0 aliphatic rings. The number of aromatic nitrogens is 1. The van der Waals surface area contributed by atoms with Crippen LogP contribution >= 0.6 is 39.9 Å². The van der Waals surface area contributed by atoms with E-state index in [2.05, 4.69) is 4.98 Å². The lowest BCUT2D eigenvalue weighted by molar-refractivity contribution is 1.28. The first-order valence-electron chi connectivity index (χ1n) is 2.30. The van der Waals surface area contributed by atoms with Crippen LogP contribution in [0.5, 0.6) is 0 Å². The van der Waals surface area contributed by atoms with Crippen molar-refractivity contribution < 1.29 is 0 Å². The third-order valence-electron chi connectivity index (χ3n) is 0.801. The molecule has 9 heavy (non-hydrogen) atoms. The Bertz CT molecular complexity index is 177. The molecule has 1 rings (SSSR count). The summed E-state index contributed by atoms with van der Waals surface area (Å²) in [7, 11) is 0. The van der Waals surface area contributed by atoms with Gasteiger partial charge in [-0.2, -0.15) is 0 Å². The van der Waals surface area contributed by atoms with Gasteiger partial charge in [-0.1, -0.05) is 0 Å². The van der Waals surface area contributed by atoms with E-state index in [1.807, 2.05) is 13.1 Å². The second-order valence-electron chi connectivity index (χ2n) is 1.48. The molecule has 0 amide bonds. The maximum absolute atomic E-state index is 5.51.